The van der Waals surface area contributed by atoms with E-state index >= 15 is 0 Å². The van der Waals surface area contributed by atoms with Gasteiger partial charge >= 0.3 is 0 Å². The van der Waals surface area contributed by atoms with Gasteiger partial charge in [-0.3, -0.25) is 14.9 Å². The van der Waals surface area contributed by atoms with Crippen LogP contribution in [0.3, 0.4) is 0 Å². The second-order valence-electron chi connectivity index (χ2n) is 6.89. The monoisotopic (exact) mass is 430 g/mol. The predicted octanol–water partition coefficient (Wildman–Crippen LogP) is 3.38. The number of benzene rings is 1. The van der Waals surface area contributed by atoms with Crippen LogP contribution in [0, 0.1) is 0 Å². The molecule has 1 aromatic carbocycles. The van der Waals surface area contributed by atoms with Crippen molar-refractivity contribution in [1.29, 1.82) is 0 Å². The molecule has 0 atom stereocenters. The Morgan fingerprint density at radius 3 is 2.83 bits per heavy atom. The van der Waals surface area contributed by atoms with Gasteiger partial charge in [0.1, 0.15) is 6.61 Å². The van der Waals surface area contributed by atoms with Crippen LogP contribution >= 0.6 is 23.1 Å². The van der Waals surface area contributed by atoms with Gasteiger partial charge in [-0.05, 0) is 31.4 Å². The molecule has 2 amide bonds. The molecule has 29 heavy (non-hydrogen) atoms. The number of amides is 2. The molecule has 1 saturated carbocycles. The molecule has 2 aromatic rings. The van der Waals surface area contributed by atoms with Gasteiger partial charge in [0.2, 0.25) is 5.91 Å². The smallest absolute Gasteiger partial charge is 0.280 e. The lowest BCUT2D eigenvalue weighted by molar-refractivity contribution is -0.128. The molecule has 4 rings (SSSR count). The van der Waals surface area contributed by atoms with E-state index in [4.69, 9.17) is 4.84 Å². The first-order valence-corrected chi connectivity index (χ1v) is 11.4. The highest BCUT2D eigenvalue weighted by Gasteiger charge is 2.23. The van der Waals surface area contributed by atoms with Gasteiger partial charge in [0.25, 0.3) is 5.91 Å². The molecule has 1 N–H and O–H groups in total. The number of hydrogen-bond acceptors (Lipinski definition) is 7. The standard InChI is InChI=1S/C20H22N4O3S2/c25-17-2-1-10-24(17)11-12-27-23-18(19(26)22-20-21-9-13-28-20)14-3-5-15(6-4-14)29-16-7-8-16/h3-6,9,13,16H,1-2,7-8,10-12H2,(H,21,22,26)/b23-18+. The van der Waals surface area contributed by atoms with E-state index in [1.165, 1.54) is 29.1 Å². The van der Waals surface area contributed by atoms with E-state index in [2.05, 4.69) is 15.5 Å². The number of thioether (sulfide) groups is 1. The van der Waals surface area contributed by atoms with Gasteiger partial charge in [-0.15, -0.1) is 23.1 Å². The van der Waals surface area contributed by atoms with Crippen molar-refractivity contribution in [2.45, 2.75) is 35.8 Å². The van der Waals surface area contributed by atoms with Crippen LogP contribution in [0.5, 0.6) is 0 Å². The van der Waals surface area contributed by atoms with Crippen LogP contribution in [0.2, 0.25) is 0 Å². The number of likely N-dealkylation sites (tertiary alicyclic amines) is 1. The Kier molecular flexibility index (Phi) is 6.46. The molecule has 2 aliphatic rings. The zero-order chi connectivity index (χ0) is 20.1. The first kappa shape index (κ1) is 19.9. The SMILES string of the molecule is O=C(Nc1nccs1)/C(=N/OCCN1CCCC1=O)c1ccc(SC2CC2)cc1. The lowest BCUT2D eigenvalue weighted by atomic mass is 10.1. The average Bonchev–Trinajstić information content (AvgIpc) is 3.20. The Morgan fingerprint density at radius 2 is 2.17 bits per heavy atom. The highest BCUT2D eigenvalue weighted by Crippen LogP contribution is 2.39. The van der Waals surface area contributed by atoms with Gasteiger partial charge in [0.05, 0.1) is 6.54 Å². The average molecular weight is 431 g/mol. The zero-order valence-electron chi connectivity index (χ0n) is 15.9. The molecule has 1 saturated heterocycles. The van der Waals surface area contributed by atoms with Gasteiger partial charge in [-0.25, -0.2) is 4.98 Å². The third-order valence-electron chi connectivity index (χ3n) is 4.60. The second-order valence-corrected chi connectivity index (χ2v) is 9.16. The molecular weight excluding hydrogens is 408 g/mol. The fraction of sp³-hybridized carbons (Fsp3) is 0.400. The molecule has 9 heteroatoms. The second kappa shape index (κ2) is 9.41. The third kappa shape index (κ3) is 5.57. The van der Waals surface area contributed by atoms with E-state index in [-0.39, 0.29) is 24.1 Å². The number of aromatic nitrogens is 1. The van der Waals surface area contributed by atoms with E-state index in [0.717, 1.165) is 18.2 Å². The van der Waals surface area contributed by atoms with E-state index in [1.54, 1.807) is 16.5 Å². The first-order chi connectivity index (χ1) is 14.2. The maximum atomic E-state index is 12.8. The largest absolute Gasteiger partial charge is 0.393 e. The summed E-state index contributed by atoms with van der Waals surface area (Å²) in [7, 11) is 0. The Labute approximate surface area is 177 Å². The van der Waals surface area contributed by atoms with E-state index < -0.39 is 0 Å². The number of anilines is 1. The molecule has 2 heterocycles. The van der Waals surface area contributed by atoms with Gasteiger partial charge < -0.3 is 9.74 Å². The van der Waals surface area contributed by atoms with E-state index in [0.29, 0.717) is 23.7 Å². The Bertz CT molecular complexity index is 880. The summed E-state index contributed by atoms with van der Waals surface area (Å²) in [4.78, 5) is 36.9. The fourth-order valence-electron chi connectivity index (χ4n) is 2.94. The van der Waals surface area contributed by atoms with Crippen molar-refractivity contribution < 1.29 is 14.4 Å². The molecule has 0 spiro atoms. The minimum absolute atomic E-state index is 0.142. The number of carbonyl (C=O) groups excluding carboxylic acids is 2. The van der Waals surface area contributed by atoms with Crippen molar-refractivity contribution in [1.82, 2.24) is 9.88 Å². The molecule has 7 nitrogen and oxygen atoms in total. The summed E-state index contributed by atoms with van der Waals surface area (Å²) in [5.74, 6) is -0.233. The number of thiazole rings is 1. The summed E-state index contributed by atoms with van der Waals surface area (Å²) in [5.41, 5.74) is 0.868. The van der Waals surface area contributed by atoms with E-state index in [9.17, 15) is 9.59 Å². The predicted molar refractivity (Wildman–Crippen MR) is 114 cm³/mol. The molecule has 2 fully saturated rings. The molecule has 0 unspecified atom stereocenters. The fourth-order valence-corrected chi connectivity index (χ4v) is 4.51. The minimum atomic E-state index is -0.375. The van der Waals surface area contributed by atoms with Crippen LogP contribution in [-0.4, -0.2) is 52.4 Å². The molecule has 0 radical (unpaired) electrons. The number of nitrogens with zero attached hydrogens (tertiary/aromatic N) is 3. The quantitative estimate of drug-likeness (QED) is 0.375. The lowest BCUT2D eigenvalue weighted by Crippen LogP contribution is -2.28. The van der Waals surface area contributed by atoms with E-state index in [1.807, 2.05) is 36.0 Å². The maximum absolute atomic E-state index is 12.8. The zero-order valence-corrected chi connectivity index (χ0v) is 17.5. The van der Waals surface area contributed by atoms with Crippen molar-refractivity contribution in [3.63, 3.8) is 0 Å². The summed E-state index contributed by atoms with van der Waals surface area (Å²) in [6.07, 6.45) is 5.64. The van der Waals surface area contributed by atoms with Crippen LogP contribution < -0.4 is 5.32 Å². The Morgan fingerprint density at radius 1 is 1.34 bits per heavy atom. The summed E-state index contributed by atoms with van der Waals surface area (Å²) in [5, 5.41) is 9.87. The van der Waals surface area contributed by atoms with Gasteiger partial charge in [-0.2, -0.15) is 0 Å². The minimum Gasteiger partial charge on any atom is -0.393 e. The number of rotatable bonds is 9. The van der Waals surface area contributed by atoms with Gasteiger partial charge in [-0.1, -0.05) is 17.3 Å². The van der Waals surface area contributed by atoms with Crippen molar-refractivity contribution in [2.24, 2.45) is 5.16 Å². The Balaban J connectivity index is 1.43. The van der Waals surface area contributed by atoms with Gasteiger partial charge in [0, 0.05) is 40.3 Å². The molecular formula is C20H22N4O3S2. The molecule has 1 aromatic heterocycles. The Hall–Kier alpha value is -2.39. The number of oxime groups is 1. The maximum Gasteiger partial charge on any atom is 0.280 e. The van der Waals surface area contributed by atoms with Crippen molar-refractivity contribution >= 4 is 45.8 Å². The van der Waals surface area contributed by atoms with Gasteiger partial charge in [0.15, 0.2) is 10.8 Å². The molecule has 1 aliphatic carbocycles. The number of nitrogens with one attached hydrogen (secondary N) is 1. The highest BCUT2D eigenvalue weighted by molar-refractivity contribution is 8.00. The van der Waals surface area contributed by atoms with Crippen LogP contribution in [0.1, 0.15) is 31.2 Å². The van der Waals surface area contributed by atoms with Crippen molar-refractivity contribution in [2.75, 3.05) is 25.0 Å². The highest BCUT2D eigenvalue weighted by atomic mass is 32.2. The lowest BCUT2D eigenvalue weighted by Gasteiger charge is -2.14. The number of hydrogen-bond donors (Lipinski definition) is 1. The summed E-state index contributed by atoms with van der Waals surface area (Å²) in [6, 6.07) is 7.79. The summed E-state index contributed by atoms with van der Waals surface area (Å²) in [6.45, 7) is 1.47. The molecule has 152 valence electrons. The van der Waals surface area contributed by atoms with Crippen LogP contribution in [0.15, 0.2) is 45.9 Å². The number of carbonyl (C=O) groups is 2. The summed E-state index contributed by atoms with van der Waals surface area (Å²) < 4.78 is 0. The topological polar surface area (TPSA) is 83.9 Å². The third-order valence-corrected chi connectivity index (χ3v) is 6.64. The molecule has 1 aliphatic heterocycles. The van der Waals surface area contributed by atoms with Crippen LogP contribution in [0.25, 0.3) is 0 Å². The van der Waals surface area contributed by atoms with Crippen molar-refractivity contribution in [3.05, 3.63) is 41.4 Å². The molecule has 0 bridgehead atoms. The normalized spacial score (nSPS) is 16.9. The van der Waals surface area contributed by atoms with Crippen molar-refractivity contribution in [3.8, 4) is 0 Å². The summed E-state index contributed by atoms with van der Waals surface area (Å²) >= 11 is 3.20. The first-order valence-electron chi connectivity index (χ1n) is 9.65. The van der Waals surface area contributed by atoms with Crippen LogP contribution in [-0.2, 0) is 14.4 Å². The van der Waals surface area contributed by atoms with Crippen LogP contribution in [0.4, 0.5) is 5.13 Å².